The van der Waals surface area contributed by atoms with E-state index in [2.05, 4.69) is 10.5 Å². The van der Waals surface area contributed by atoms with Crippen LogP contribution in [0.25, 0.3) is 0 Å². The van der Waals surface area contributed by atoms with E-state index in [-0.39, 0.29) is 5.91 Å². The van der Waals surface area contributed by atoms with Gasteiger partial charge in [0.25, 0.3) is 5.91 Å². The van der Waals surface area contributed by atoms with Crippen LogP contribution in [0.3, 0.4) is 0 Å². The highest BCUT2D eigenvalue weighted by atomic mass is 35.5. The maximum absolute atomic E-state index is 11.6. The summed E-state index contributed by atoms with van der Waals surface area (Å²) in [5.74, 6) is -0.302. The Balaban J connectivity index is 2.82. The van der Waals surface area contributed by atoms with E-state index in [1.165, 1.54) is 6.07 Å². The lowest BCUT2D eigenvalue weighted by Gasteiger charge is -2.06. The molecule has 1 N–H and O–H groups in total. The van der Waals surface area contributed by atoms with E-state index in [4.69, 9.17) is 16.4 Å². The van der Waals surface area contributed by atoms with Crippen LogP contribution in [0.4, 0.5) is 0 Å². The number of pyridine rings is 1. The summed E-state index contributed by atoms with van der Waals surface area (Å²) in [5, 5.41) is 0.326. The number of nitrogens with one attached hydrogen (secondary N) is 1. The first kappa shape index (κ1) is 12.9. The third-order valence-corrected chi connectivity index (χ3v) is 2.12. The molecule has 1 heterocycles. The van der Waals surface area contributed by atoms with Gasteiger partial charge in [-0.2, -0.15) is 0 Å². The second-order valence-corrected chi connectivity index (χ2v) is 3.67. The third kappa shape index (κ3) is 3.79. The van der Waals surface area contributed by atoms with Crippen LogP contribution in [0.1, 0.15) is 36.3 Å². The fourth-order valence-corrected chi connectivity index (χ4v) is 1.49. The molecule has 0 aromatic carbocycles. The Labute approximate surface area is 99.9 Å². The van der Waals surface area contributed by atoms with Crippen molar-refractivity contribution < 1.29 is 9.63 Å². The number of rotatable bonds is 5. The van der Waals surface area contributed by atoms with Crippen molar-refractivity contribution in [3.8, 4) is 0 Å². The van der Waals surface area contributed by atoms with Gasteiger partial charge in [-0.1, -0.05) is 24.9 Å². The maximum Gasteiger partial charge on any atom is 0.275 e. The molecule has 0 fully saturated rings. The lowest BCUT2D eigenvalue weighted by molar-refractivity contribution is 0.0364. The Morgan fingerprint density at radius 2 is 2.25 bits per heavy atom. The minimum atomic E-state index is -0.302. The molecule has 88 valence electrons. The summed E-state index contributed by atoms with van der Waals surface area (Å²) in [6.07, 6.45) is 1.76. The van der Waals surface area contributed by atoms with E-state index in [0.717, 1.165) is 18.5 Å². The molecule has 5 heteroatoms. The van der Waals surface area contributed by atoms with Gasteiger partial charge in [0.15, 0.2) is 0 Å². The average molecular weight is 243 g/mol. The Morgan fingerprint density at radius 3 is 2.88 bits per heavy atom. The third-order valence-electron chi connectivity index (χ3n) is 1.92. The fourth-order valence-electron chi connectivity index (χ4n) is 1.26. The molecule has 0 saturated heterocycles. The van der Waals surface area contributed by atoms with Crippen molar-refractivity contribution >= 4 is 17.5 Å². The number of carbonyl (C=O) groups excluding carboxylic acids is 1. The van der Waals surface area contributed by atoms with Crippen molar-refractivity contribution in [1.29, 1.82) is 0 Å². The van der Waals surface area contributed by atoms with Crippen LogP contribution >= 0.6 is 11.6 Å². The fraction of sp³-hybridized carbons (Fsp3) is 0.455. The van der Waals surface area contributed by atoms with Crippen molar-refractivity contribution in [2.75, 3.05) is 6.61 Å². The van der Waals surface area contributed by atoms with Crippen molar-refractivity contribution in [2.24, 2.45) is 0 Å². The second-order valence-electron chi connectivity index (χ2n) is 3.28. The molecular formula is C11H15ClN2O2. The molecule has 1 aromatic heterocycles. The standard InChI is InChI=1S/C11H15ClN2O2/c1-3-5-9-6-8(7-10(12)13-9)11(15)14-16-4-2/h6-7H,3-5H2,1-2H3,(H,14,15). The Morgan fingerprint density at radius 1 is 1.50 bits per heavy atom. The van der Waals surface area contributed by atoms with Crippen LogP contribution < -0.4 is 5.48 Å². The van der Waals surface area contributed by atoms with Crippen LogP contribution in [-0.4, -0.2) is 17.5 Å². The normalized spacial score (nSPS) is 10.2. The summed E-state index contributed by atoms with van der Waals surface area (Å²) in [7, 11) is 0. The molecule has 0 spiro atoms. The van der Waals surface area contributed by atoms with Crippen molar-refractivity contribution in [3.63, 3.8) is 0 Å². The van der Waals surface area contributed by atoms with E-state index in [0.29, 0.717) is 17.3 Å². The summed E-state index contributed by atoms with van der Waals surface area (Å²) in [5.41, 5.74) is 3.61. The van der Waals surface area contributed by atoms with Gasteiger partial charge in [0.05, 0.1) is 6.61 Å². The number of hydroxylamine groups is 1. The van der Waals surface area contributed by atoms with Gasteiger partial charge >= 0.3 is 0 Å². The highest BCUT2D eigenvalue weighted by Crippen LogP contribution is 2.12. The number of halogens is 1. The summed E-state index contributed by atoms with van der Waals surface area (Å²) < 4.78 is 0. The molecule has 0 atom stereocenters. The minimum absolute atomic E-state index is 0.302. The molecular weight excluding hydrogens is 228 g/mol. The van der Waals surface area contributed by atoms with Crippen molar-refractivity contribution in [3.05, 3.63) is 28.5 Å². The number of aromatic nitrogens is 1. The lowest BCUT2D eigenvalue weighted by atomic mass is 10.1. The quantitative estimate of drug-likeness (QED) is 0.637. The first-order valence-corrected chi connectivity index (χ1v) is 5.63. The largest absolute Gasteiger partial charge is 0.275 e. The molecule has 1 rings (SSSR count). The lowest BCUT2D eigenvalue weighted by Crippen LogP contribution is -2.23. The van der Waals surface area contributed by atoms with Crippen LogP contribution in [-0.2, 0) is 11.3 Å². The van der Waals surface area contributed by atoms with E-state index < -0.39 is 0 Å². The number of carbonyl (C=O) groups is 1. The minimum Gasteiger partial charge on any atom is -0.274 e. The SMILES string of the molecule is CCCc1cc(C(=O)NOCC)cc(Cl)n1. The zero-order valence-electron chi connectivity index (χ0n) is 9.42. The summed E-state index contributed by atoms with van der Waals surface area (Å²) in [4.78, 5) is 20.5. The molecule has 16 heavy (non-hydrogen) atoms. The van der Waals surface area contributed by atoms with Gasteiger partial charge in [0.1, 0.15) is 5.15 Å². The van der Waals surface area contributed by atoms with Crippen LogP contribution in [0, 0.1) is 0 Å². The molecule has 0 bridgehead atoms. The number of hydrogen-bond donors (Lipinski definition) is 1. The predicted molar refractivity (Wildman–Crippen MR) is 62.3 cm³/mol. The van der Waals surface area contributed by atoms with Gasteiger partial charge < -0.3 is 0 Å². The van der Waals surface area contributed by atoms with Crippen LogP contribution in [0.2, 0.25) is 5.15 Å². The van der Waals surface area contributed by atoms with Crippen molar-refractivity contribution in [2.45, 2.75) is 26.7 Å². The van der Waals surface area contributed by atoms with Gasteiger partial charge in [-0.15, -0.1) is 0 Å². The first-order valence-electron chi connectivity index (χ1n) is 5.26. The first-order chi connectivity index (χ1) is 7.67. The smallest absolute Gasteiger partial charge is 0.274 e. The number of hydrogen-bond acceptors (Lipinski definition) is 3. The molecule has 4 nitrogen and oxygen atoms in total. The van der Waals surface area contributed by atoms with Crippen LogP contribution in [0.5, 0.6) is 0 Å². The number of amides is 1. The average Bonchev–Trinajstić information content (AvgIpc) is 2.25. The molecule has 1 aromatic rings. The van der Waals surface area contributed by atoms with E-state index >= 15 is 0 Å². The molecule has 0 aliphatic rings. The molecule has 1 amide bonds. The predicted octanol–water partition coefficient (Wildman–Crippen LogP) is 2.37. The van der Waals surface area contributed by atoms with Gasteiger partial charge in [0.2, 0.25) is 0 Å². The summed E-state index contributed by atoms with van der Waals surface area (Å²) in [6.45, 7) is 4.26. The van der Waals surface area contributed by atoms with Crippen molar-refractivity contribution in [1.82, 2.24) is 10.5 Å². The Bertz CT molecular complexity index is 369. The zero-order chi connectivity index (χ0) is 12.0. The van der Waals surface area contributed by atoms with Crippen LogP contribution in [0.15, 0.2) is 12.1 Å². The summed E-state index contributed by atoms with van der Waals surface area (Å²) in [6, 6.07) is 3.25. The van der Waals surface area contributed by atoms with E-state index in [1.54, 1.807) is 13.0 Å². The van der Waals surface area contributed by atoms with E-state index in [9.17, 15) is 4.79 Å². The van der Waals surface area contributed by atoms with Gasteiger partial charge in [-0.25, -0.2) is 10.5 Å². The molecule has 0 radical (unpaired) electrons. The highest BCUT2D eigenvalue weighted by molar-refractivity contribution is 6.29. The van der Waals surface area contributed by atoms with Gasteiger partial charge in [-0.3, -0.25) is 9.63 Å². The maximum atomic E-state index is 11.6. The van der Waals surface area contributed by atoms with E-state index in [1.807, 2.05) is 6.92 Å². The Hall–Kier alpha value is -1.13. The number of nitrogens with zero attached hydrogens (tertiary/aromatic N) is 1. The Kier molecular flexibility index (Phi) is 5.22. The highest BCUT2D eigenvalue weighted by Gasteiger charge is 2.08. The molecule has 0 saturated carbocycles. The molecule has 0 aliphatic carbocycles. The monoisotopic (exact) mass is 242 g/mol. The zero-order valence-corrected chi connectivity index (χ0v) is 10.2. The topological polar surface area (TPSA) is 51.2 Å². The number of aryl methyl sites for hydroxylation is 1. The summed E-state index contributed by atoms with van der Waals surface area (Å²) >= 11 is 5.83. The molecule has 0 aliphatic heterocycles. The second kappa shape index (κ2) is 6.45. The van der Waals surface area contributed by atoms with Gasteiger partial charge in [0, 0.05) is 11.3 Å². The van der Waals surface area contributed by atoms with Gasteiger partial charge in [-0.05, 0) is 25.5 Å². The molecule has 0 unspecified atom stereocenters.